The highest BCUT2D eigenvalue weighted by Gasteiger charge is 2.57. The third kappa shape index (κ3) is 1.98. The van der Waals surface area contributed by atoms with Gasteiger partial charge in [-0.15, -0.1) is 0 Å². The standard InChI is InChI=1S/C19H26O2/c1-11(2)19-8-7-14-9-12(3)5-6-15(14)17(19)18(21)13(4)10-16(19)20/h7,10-12,15,17H,5-6,8-9H2,1-4H3/t12-,15+,17-,19-/m1/s1. The van der Waals surface area contributed by atoms with Gasteiger partial charge in [0.15, 0.2) is 11.6 Å². The lowest BCUT2D eigenvalue weighted by molar-refractivity contribution is -0.144. The van der Waals surface area contributed by atoms with Crippen LogP contribution in [0, 0.1) is 29.1 Å². The quantitative estimate of drug-likeness (QED) is 0.680. The van der Waals surface area contributed by atoms with E-state index in [1.807, 2.05) is 6.92 Å². The summed E-state index contributed by atoms with van der Waals surface area (Å²) >= 11 is 0. The second-order valence-electron chi connectivity index (χ2n) is 7.70. The molecule has 21 heavy (non-hydrogen) atoms. The Hall–Kier alpha value is -1.18. The number of rotatable bonds is 1. The maximum Gasteiger partial charge on any atom is 0.163 e. The van der Waals surface area contributed by atoms with Crippen LogP contribution in [0.25, 0.3) is 0 Å². The molecule has 0 bridgehead atoms. The average Bonchev–Trinajstić information content (AvgIpc) is 2.43. The monoisotopic (exact) mass is 286 g/mol. The van der Waals surface area contributed by atoms with Gasteiger partial charge in [-0.05, 0) is 62.0 Å². The molecule has 114 valence electrons. The van der Waals surface area contributed by atoms with Gasteiger partial charge < -0.3 is 0 Å². The minimum atomic E-state index is -0.481. The van der Waals surface area contributed by atoms with Crippen molar-refractivity contribution in [2.75, 3.05) is 0 Å². The Balaban J connectivity index is 2.12. The zero-order valence-corrected chi connectivity index (χ0v) is 13.6. The van der Waals surface area contributed by atoms with Crippen LogP contribution < -0.4 is 0 Å². The number of hydrogen-bond donors (Lipinski definition) is 0. The summed E-state index contributed by atoms with van der Waals surface area (Å²) in [4.78, 5) is 25.7. The lowest BCUT2D eigenvalue weighted by Crippen LogP contribution is -2.54. The molecular weight excluding hydrogens is 260 g/mol. The van der Waals surface area contributed by atoms with E-state index in [-0.39, 0.29) is 23.4 Å². The molecule has 0 radical (unpaired) electrons. The van der Waals surface area contributed by atoms with Crippen LogP contribution in [-0.2, 0) is 9.59 Å². The first-order chi connectivity index (χ1) is 9.87. The summed E-state index contributed by atoms with van der Waals surface area (Å²) in [6, 6.07) is 0. The predicted octanol–water partition coefficient (Wildman–Crippen LogP) is 4.11. The van der Waals surface area contributed by atoms with Gasteiger partial charge >= 0.3 is 0 Å². The summed E-state index contributed by atoms with van der Waals surface area (Å²) in [7, 11) is 0. The summed E-state index contributed by atoms with van der Waals surface area (Å²) in [5, 5.41) is 0. The molecule has 0 aromatic carbocycles. The van der Waals surface area contributed by atoms with E-state index in [0.717, 1.165) is 19.3 Å². The van der Waals surface area contributed by atoms with Crippen molar-refractivity contribution >= 4 is 11.6 Å². The van der Waals surface area contributed by atoms with Crippen molar-refractivity contribution in [3.8, 4) is 0 Å². The van der Waals surface area contributed by atoms with Crippen LogP contribution in [0.1, 0.15) is 53.4 Å². The molecule has 4 atom stereocenters. The molecule has 1 fully saturated rings. The summed E-state index contributed by atoms with van der Waals surface area (Å²) < 4.78 is 0. The third-order valence-electron chi connectivity index (χ3n) is 6.20. The highest BCUT2D eigenvalue weighted by Crippen LogP contribution is 2.56. The van der Waals surface area contributed by atoms with E-state index in [9.17, 15) is 9.59 Å². The molecule has 1 saturated carbocycles. The maximum atomic E-state index is 12.9. The van der Waals surface area contributed by atoms with Gasteiger partial charge in [0.05, 0.1) is 0 Å². The first-order valence-electron chi connectivity index (χ1n) is 8.33. The lowest BCUT2D eigenvalue weighted by Gasteiger charge is -2.51. The fraction of sp³-hybridized carbons (Fsp3) is 0.684. The van der Waals surface area contributed by atoms with Crippen molar-refractivity contribution < 1.29 is 9.59 Å². The van der Waals surface area contributed by atoms with Gasteiger partial charge in [-0.2, -0.15) is 0 Å². The molecule has 0 aromatic rings. The molecule has 0 spiro atoms. The number of allylic oxidation sites excluding steroid dienone is 4. The van der Waals surface area contributed by atoms with Gasteiger partial charge in [-0.25, -0.2) is 0 Å². The molecule has 0 amide bonds. The Kier molecular flexibility index (Phi) is 3.46. The molecule has 0 N–H and O–H groups in total. The molecule has 2 nitrogen and oxygen atoms in total. The zero-order chi connectivity index (χ0) is 15.4. The molecule has 0 unspecified atom stereocenters. The van der Waals surface area contributed by atoms with Gasteiger partial charge in [-0.1, -0.05) is 32.4 Å². The topological polar surface area (TPSA) is 34.1 Å². The molecule has 2 heteroatoms. The normalized spacial score (nSPS) is 39.6. The summed E-state index contributed by atoms with van der Waals surface area (Å²) in [6.45, 7) is 8.32. The fourth-order valence-corrected chi connectivity index (χ4v) is 4.90. The maximum absolute atomic E-state index is 12.9. The van der Waals surface area contributed by atoms with Gasteiger partial charge in [0, 0.05) is 11.3 Å². The number of hydrogen-bond acceptors (Lipinski definition) is 2. The number of carbonyl (C=O) groups excluding carboxylic acids is 2. The van der Waals surface area contributed by atoms with E-state index in [2.05, 4.69) is 26.8 Å². The second-order valence-corrected chi connectivity index (χ2v) is 7.70. The Morgan fingerprint density at radius 1 is 1.24 bits per heavy atom. The highest BCUT2D eigenvalue weighted by molar-refractivity contribution is 6.12. The predicted molar refractivity (Wildman–Crippen MR) is 83.7 cm³/mol. The van der Waals surface area contributed by atoms with E-state index in [4.69, 9.17) is 0 Å². The van der Waals surface area contributed by atoms with Crippen LogP contribution in [0.15, 0.2) is 23.3 Å². The van der Waals surface area contributed by atoms with Crippen LogP contribution in [-0.4, -0.2) is 11.6 Å². The summed E-state index contributed by atoms with van der Waals surface area (Å²) in [5.74, 6) is 1.53. The van der Waals surface area contributed by atoms with E-state index in [1.165, 1.54) is 12.0 Å². The number of carbonyl (C=O) groups is 2. The van der Waals surface area contributed by atoms with E-state index >= 15 is 0 Å². The van der Waals surface area contributed by atoms with Gasteiger partial charge in [0.2, 0.25) is 0 Å². The van der Waals surface area contributed by atoms with Crippen LogP contribution in [0.4, 0.5) is 0 Å². The van der Waals surface area contributed by atoms with Crippen LogP contribution in [0.5, 0.6) is 0 Å². The average molecular weight is 286 g/mol. The first-order valence-corrected chi connectivity index (χ1v) is 8.33. The van der Waals surface area contributed by atoms with Gasteiger partial charge in [0.25, 0.3) is 0 Å². The number of ketones is 2. The Labute approximate surface area is 127 Å². The molecule has 3 rings (SSSR count). The van der Waals surface area contributed by atoms with E-state index in [1.54, 1.807) is 6.08 Å². The SMILES string of the molecule is CC1=CC(=O)[C@]2(C(C)C)CC=C3C[C@H](C)CC[C@@H]3[C@@H]2C1=O. The summed E-state index contributed by atoms with van der Waals surface area (Å²) in [6.07, 6.45) is 8.02. The van der Waals surface area contributed by atoms with Gasteiger partial charge in [-0.3, -0.25) is 9.59 Å². The molecule has 3 aliphatic carbocycles. The van der Waals surface area contributed by atoms with Crippen molar-refractivity contribution in [3.05, 3.63) is 23.3 Å². The Morgan fingerprint density at radius 3 is 2.62 bits per heavy atom. The Morgan fingerprint density at radius 2 is 1.95 bits per heavy atom. The largest absolute Gasteiger partial charge is 0.294 e. The smallest absolute Gasteiger partial charge is 0.163 e. The van der Waals surface area contributed by atoms with Crippen molar-refractivity contribution in [1.82, 2.24) is 0 Å². The Bertz CT molecular complexity index is 552. The van der Waals surface area contributed by atoms with E-state index < -0.39 is 5.41 Å². The third-order valence-corrected chi connectivity index (χ3v) is 6.20. The number of Topliss-reactive ketones (excluding diaryl/α,β-unsaturated/α-hetero) is 1. The molecule has 0 heterocycles. The highest BCUT2D eigenvalue weighted by atomic mass is 16.1. The minimum absolute atomic E-state index is 0.109. The van der Waals surface area contributed by atoms with E-state index in [0.29, 0.717) is 17.4 Å². The lowest BCUT2D eigenvalue weighted by atomic mass is 9.50. The zero-order valence-electron chi connectivity index (χ0n) is 13.6. The van der Waals surface area contributed by atoms with Crippen LogP contribution >= 0.6 is 0 Å². The summed E-state index contributed by atoms with van der Waals surface area (Å²) in [5.41, 5.74) is 1.64. The van der Waals surface area contributed by atoms with Gasteiger partial charge in [0.1, 0.15) is 0 Å². The van der Waals surface area contributed by atoms with Crippen molar-refractivity contribution in [3.63, 3.8) is 0 Å². The van der Waals surface area contributed by atoms with Crippen LogP contribution in [0.3, 0.4) is 0 Å². The minimum Gasteiger partial charge on any atom is -0.294 e. The number of fused-ring (bicyclic) bond motifs is 3. The molecular formula is C19H26O2. The molecule has 0 aliphatic heterocycles. The first kappa shape index (κ1) is 14.7. The van der Waals surface area contributed by atoms with Crippen molar-refractivity contribution in [1.29, 1.82) is 0 Å². The molecule has 3 aliphatic rings. The van der Waals surface area contributed by atoms with Crippen molar-refractivity contribution in [2.24, 2.45) is 29.1 Å². The van der Waals surface area contributed by atoms with Crippen LogP contribution in [0.2, 0.25) is 0 Å². The second kappa shape index (κ2) is 4.93. The molecule has 0 saturated heterocycles. The van der Waals surface area contributed by atoms with Crippen molar-refractivity contribution in [2.45, 2.75) is 53.4 Å². The molecule has 0 aromatic heterocycles. The fourth-order valence-electron chi connectivity index (χ4n) is 4.90.